The van der Waals surface area contributed by atoms with Crippen molar-refractivity contribution in [1.82, 2.24) is 4.90 Å². The first-order valence-electron chi connectivity index (χ1n) is 5.83. The van der Waals surface area contributed by atoms with Crippen molar-refractivity contribution < 1.29 is 27.9 Å². The van der Waals surface area contributed by atoms with E-state index in [1.54, 1.807) is 6.92 Å². The maximum atomic E-state index is 12.3. The Morgan fingerprint density at radius 3 is 2.39 bits per heavy atom. The normalized spacial score (nSPS) is 25.0. The Labute approximate surface area is 103 Å². The number of aliphatic carboxylic acids is 1. The lowest BCUT2D eigenvalue weighted by Crippen LogP contribution is -2.49. The standard InChI is InChI=1S/C11H16F3NO3/c1-2-7-6-15(10(18)11(12,13)14)4-3-8(7)5-9(16)17/h7-8H,2-6H2,1H3,(H,16,17)/t7-,8-/m0/s1. The van der Waals surface area contributed by atoms with E-state index >= 15 is 0 Å². The Bertz CT molecular complexity index is 330. The molecule has 1 rings (SSSR count). The second-order valence-corrected chi connectivity index (χ2v) is 4.56. The summed E-state index contributed by atoms with van der Waals surface area (Å²) in [5, 5.41) is 8.72. The van der Waals surface area contributed by atoms with E-state index in [-0.39, 0.29) is 31.3 Å². The van der Waals surface area contributed by atoms with Gasteiger partial charge in [0.2, 0.25) is 0 Å². The van der Waals surface area contributed by atoms with Crippen LogP contribution in [0.4, 0.5) is 13.2 Å². The zero-order valence-electron chi connectivity index (χ0n) is 10.0. The van der Waals surface area contributed by atoms with Crippen LogP contribution in [-0.4, -0.2) is 41.1 Å². The maximum absolute atomic E-state index is 12.3. The molecule has 0 unspecified atom stereocenters. The Kier molecular flexibility index (Phi) is 4.59. The predicted octanol–water partition coefficient (Wildman–Crippen LogP) is 1.90. The van der Waals surface area contributed by atoms with Gasteiger partial charge < -0.3 is 10.0 Å². The molecule has 1 aliphatic rings. The molecule has 1 N–H and O–H groups in total. The van der Waals surface area contributed by atoms with Gasteiger partial charge in [0.25, 0.3) is 0 Å². The molecule has 0 aromatic heterocycles. The number of carbonyl (C=O) groups is 2. The number of halogens is 3. The third kappa shape index (κ3) is 3.61. The van der Waals surface area contributed by atoms with Gasteiger partial charge in [-0.15, -0.1) is 0 Å². The van der Waals surface area contributed by atoms with E-state index in [1.807, 2.05) is 0 Å². The highest BCUT2D eigenvalue weighted by Gasteiger charge is 2.44. The molecule has 18 heavy (non-hydrogen) atoms. The number of rotatable bonds is 3. The van der Waals surface area contributed by atoms with Crippen LogP contribution in [0.25, 0.3) is 0 Å². The maximum Gasteiger partial charge on any atom is 0.471 e. The molecule has 0 saturated carbocycles. The lowest BCUT2D eigenvalue weighted by molar-refractivity contribution is -0.188. The van der Waals surface area contributed by atoms with E-state index in [2.05, 4.69) is 0 Å². The molecule has 4 nitrogen and oxygen atoms in total. The third-order valence-electron chi connectivity index (χ3n) is 3.38. The average Bonchev–Trinajstić information content (AvgIpc) is 2.26. The van der Waals surface area contributed by atoms with Crippen LogP contribution >= 0.6 is 0 Å². The van der Waals surface area contributed by atoms with Crippen molar-refractivity contribution in [3.8, 4) is 0 Å². The summed E-state index contributed by atoms with van der Waals surface area (Å²) in [6, 6.07) is 0. The summed E-state index contributed by atoms with van der Waals surface area (Å²) in [5.74, 6) is -3.10. The van der Waals surface area contributed by atoms with E-state index in [4.69, 9.17) is 5.11 Å². The number of hydrogen-bond donors (Lipinski definition) is 1. The van der Waals surface area contributed by atoms with Crippen molar-refractivity contribution in [3.63, 3.8) is 0 Å². The van der Waals surface area contributed by atoms with Gasteiger partial charge in [-0.05, 0) is 18.3 Å². The molecule has 0 spiro atoms. The first-order valence-corrected chi connectivity index (χ1v) is 5.83. The highest BCUT2D eigenvalue weighted by atomic mass is 19.4. The molecule has 104 valence electrons. The lowest BCUT2D eigenvalue weighted by Gasteiger charge is -2.37. The number of carbonyl (C=O) groups excluding carboxylic acids is 1. The van der Waals surface area contributed by atoms with Crippen molar-refractivity contribution in [3.05, 3.63) is 0 Å². The molecular weight excluding hydrogens is 251 g/mol. The van der Waals surface area contributed by atoms with Crippen LogP contribution in [0, 0.1) is 11.8 Å². The number of piperidine rings is 1. The van der Waals surface area contributed by atoms with Gasteiger partial charge in [-0.1, -0.05) is 13.3 Å². The minimum absolute atomic E-state index is 0.00715. The van der Waals surface area contributed by atoms with Gasteiger partial charge in [0.15, 0.2) is 0 Å². The molecule has 1 heterocycles. The zero-order valence-corrected chi connectivity index (χ0v) is 10.0. The summed E-state index contributed by atoms with van der Waals surface area (Å²) in [6.07, 6.45) is -4.02. The quantitative estimate of drug-likeness (QED) is 0.849. The third-order valence-corrected chi connectivity index (χ3v) is 3.38. The summed E-state index contributed by atoms with van der Waals surface area (Å²) >= 11 is 0. The summed E-state index contributed by atoms with van der Waals surface area (Å²) in [5.41, 5.74) is 0. The number of nitrogens with zero attached hydrogens (tertiary/aromatic N) is 1. The molecule has 1 aliphatic heterocycles. The fourth-order valence-corrected chi connectivity index (χ4v) is 2.40. The van der Waals surface area contributed by atoms with Gasteiger partial charge in [-0.25, -0.2) is 0 Å². The van der Waals surface area contributed by atoms with Gasteiger partial charge in [0, 0.05) is 19.5 Å². The van der Waals surface area contributed by atoms with Crippen molar-refractivity contribution in [2.45, 2.75) is 32.4 Å². The van der Waals surface area contributed by atoms with Gasteiger partial charge in [0.1, 0.15) is 0 Å². The highest BCUT2D eigenvalue weighted by Crippen LogP contribution is 2.31. The number of carboxylic acids is 1. The molecule has 2 atom stereocenters. The second-order valence-electron chi connectivity index (χ2n) is 4.56. The highest BCUT2D eigenvalue weighted by molar-refractivity contribution is 5.82. The topological polar surface area (TPSA) is 57.6 Å². The van der Waals surface area contributed by atoms with Gasteiger partial charge in [-0.2, -0.15) is 13.2 Å². The van der Waals surface area contributed by atoms with E-state index < -0.39 is 18.1 Å². The zero-order chi connectivity index (χ0) is 13.9. The summed E-state index contributed by atoms with van der Waals surface area (Å²) in [6.45, 7) is 1.76. The molecule has 1 fully saturated rings. The monoisotopic (exact) mass is 267 g/mol. The largest absolute Gasteiger partial charge is 0.481 e. The summed E-state index contributed by atoms with van der Waals surface area (Å²) in [7, 11) is 0. The van der Waals surface area contributed by atoms with E-state index in [0.29, 0.717) is 12.8 Å². The van der Waals surface area contributed by atoms with Gasteiger partial charge in [0.05, 0.1) is 0 Å². The second kappa shape index (κ2) is 5.58. The van der Waals surface area contributed by atoms with Crippen LogP contribution < -0.4 is 0 Å². The Balaban J connectivity index is 2.66. The molecule has 0 aromatic carbocycles. The van der Waals surface area contributed by atoms with Crippen LogP contribution in [0.1, 0.15) is 26.2 Å². The van der Waals surface area contributed by atoms with Crippen molar-refractivity contribution >= 4 is 11.9 Å². The number of alkyl halides is 3. The van der Waals surface area contributed by atoms with Gasteiger partial charge >= 0.3 is 18.1 Å². The summed E-state index contributed by atoms with van der Waals surface area (Å²) < 4.78 is 36.9. The Hall–Kier alpha value is -1.27. The molecule has 0 bridgehead atoms. The SMILES string of the molecule is CC[C@H]1CN(C(=O)C(F)(F)F)CC[C@H]1CC(=O)O. The van der Waals surface area contributed by atoms with Crippen LogP contribution in [-0.2, 0) is 9.59 Å². The summed E-state index contributed by atoms with van der Waals surface area (Å²) in [4.78, 5) is 22.5. The number of likely N-dealkylation sites (tertiary alicyclic amines) is 1. The van der Waals surface area contributed by atoms with E-state index in [9.17, 15) is 22.8 Å². The average molecular weight is 267 g/mol. The molecule has 0 aromatic rings. The van der Waals surface area contributed by atoms with E-state index in [1.165, 1.54) is 0 Å². The van der Waals surface area contributed by atoms with Crippen molar-refractivity contribution in [2.24, 2.45) is 11.8 Å². The molecule has 0 radical (unpaired) electrons. The molecule has 1 saturated heterocycles. The fourth-order valence-electron chi connectivity index (χ4n) is 2.40. The van der Waals surface area contributed by atoms with Crippen LogP contribution in [0.15, 0.2) is 0 Å². The molecule has 7 heteroatoms. The van der Waals surface area contributed by atoms with Crippen LogP contribution in [0.2, 0.25) is 0 Å². The first kappa shape index (κ1) is 14.8. The minimum Gasteiger partial charge on any atom is -0.481 e. The minimum atomic E-state index is -4.85. The lowest BCUT2D eigenvalue weighted by atomic mass is 9.81. The van der Waals surface area contributed by atoms with Crippen molar-refractivity contribution in [1.29, 1.82) is 0 Å². The molecular formula is C11H16F3NO3. The van der Waals surface area contributed by atoms with Gasteiger partial charge in [-0.3, -0.25) is 9.59 Å². The van der Waals surface area contributed by atoms with Crippen molar-refractivity contribution in [2.75, 3.05) is 13.1 Å². The molecule has 0 aliphatic carbocycles. The van der Waals surface area contributed by atoms with Crippen LogP contribution in [0.3, 0.4) is 0 Å². The first-order chi connectivity index (χ1) is 8.25. The number of amides is 1. The van der Waals surface area contributed by atoms with Crippen LogP contribution in [0.5, 0.6) is 0 Å². The predicted molar refractivity (Wildman–Crippen MR) is 56.8 cm³/mol. The number of hydrogen-bond acceptors (Lipinski definition) is 2. The smallest absolute Gasteiger partial charge is 0.471 e. The Morgan fingerprint density at radius 1 is 1.33 bits per heavy atom. The number of carboxylic acid groups (broad SMARTS) is 1. The van der Waals surface area contributed by atoms with E-state index in [0.717, 1.165) is 4.90 Å². The molecule has 1 amide bonds. The fraction of sp³-hybridized carbons (Fsp3) is 0.818. The Morgan fingerprint density at radius 2 is 1.94 bits per heavy atom.